The van der Waals surface area contributed by atoms with Gasteiger partial charge < -0.3 is 20.5 Å². The van der Waals surface area contributed by atoms with Crippen molar-refractivity contribution >= 4 is 18.0 Å². The van der Waals surface area contributed by atoms with Gasteiger partial charge in [0.25, 0.3) is 0 Å². The van der Waals surface area contributed by atoms with Crippen LogP contribution in [0.1, 0.15) is 45.4 Å². The molecule has 0 unspecified atom stereocenters. The van der Waals surface area contributed by atoms with E-state index in [1.165, 1.54) is 7.11 Å². The minimum Gasteiger partial charge on any atom is -0.480 e. The van der Waals surface area contributed by atoms with Crippen LogP contribution in [-0.4, -0.2) is 42.8 Å². The van der Waals surface area contributed by atoms with Gasteiger partial charge in [-0.15, -0.1) is 0 Å². The number of nitrogens with one attached hydrogen (secondary N) is 2. The summed E-state index contributed by atoms with van der Waals surface area (Å²) in [5.41, 5.74) is 0.0993. The van der Waals surface area contributed by atoms with E-state index in [2.05, 4.69) is 22.3 Å². The third-order valence-electron chi connectivity index (χ3n) is 3.95. The van der Waals surface area contributed by atoms with Crippen molar-refractivity contribution in [3.8, 4) is 0 Å². The summed E-state index contributed by atoms with van der Waals surface area (Å²) < 4.78 is 4.45. The molecular formula is C14H24N2O5. The van der Waals surface area contributed by atoms with E-state index in [9.17, 15) is 14.4 Å². The zero-order valence-electron chi connectivity index (χ0n) is 12.6. The van der Waals surface area contributed by atoms with Gasteiger partial charge in [0, 0.05) is 13.0 Å². The number of aliphatic carboxylic acids is 1. The molecule has 1 atom stereocenters. The molecule has 0 saturated heterocycles. The van der Waals surface area contributed by atoms with Crippen LogP contribution in [0.15, 0.2) is 0 Å². The van der Waals surface area contributed by atoms with Gasteiger partial charge in [-0.2, -0.15) is 0 Å². The second-order valence-electron chi connectivity index (χ2n) is 5.85. The average Bonchev–Trinajstić information content (AvgIpc) is 2.87. The molecule has 0 spiro atoms. The number of carboxylic acid groups (broad SMARTS) is 1. The number of urea groups is 1. The van der Waals surface area contributed by atoms with Crippen molar-refractivity contribution in [2.75, 3.05) is 13.7 Å². The number of rotatable bonds is 7. The number of hydrogen-bond donors (Lipinski definition) is 3. The Morgan fingerprint density at radius 1 is 1.29 bits per heavy atom. The lowest BCUT2D eigenvalue weighted by Crippen LogP contribution is -2.48. The summed E-state index contributed by atoms with van der Waals surface area (Å²) in [4.78, 5) is 33.9. The molecule has 1 aliphatic rings. The first-order chi connectivity index (χ1) is 9.86. The summed E-state index contributed by atoms with van der Waals surface area (Å²) in [7, 11) is 1.24. The van der Waals surface area contributed by atoms with Gasteiger partial charge >= 0.3 is 18.0 Å². The number of carboxylic acids is 1. The number of hydrogen-bond acceptors (Lipinski definition) is 4. The Balaban J connectivity index is 2.37. The number of esters is 1. The largest absolute Gasteiger partial charge is 0.480 e. The number of carbonyl (C=O) groups is 3. The molecule has 0 aromatic rings. The van der Waals surface area contributed by atoms with Crippen LogP contribution in [0.2, 0.25) is 0 Å². The van der Waals surface area contributed by atoms with Gasteiger partial charge in [0.15, 0.2) is 0 Å². The Kier molecular flexibility index (Phi) is 6.45. The highest BCUT2D eigenvalue weighted by Gasteiger charge is 2.29. The first-order valence-electron chi connectivity index (χ1n) is 7.20. The molecule has 0 radical (unpaired) electrons. The topological polar surface area (TPSA) is 105 Å². The molecular weight excluding hydrogens is 276 g/mol. The molecule has 1 saturated carbocycles. The molecule has 1 rings (SSSR count). The molecule has 0 bridgehead atoms. The van der Waals surface area contributed by atoms with E-state index in [0.717, 1.165) is 25.7 Å². The molecule has 1 aliphatic carbocycles. The lowest BCUT2D eigenvalue weighted by Gasteiger charge is -2.24. The normalized spacial score (nSPS) is 17.8. The maximum atomic E-state index is 11.8. The molecule has 1 fully saturated rings. The van der Waals surface area contributed by atoms with Crippen LogP contribution in [0, 0.1) is 5.41 Å². The zero-order valence-corrected chi connectivity index (χ0v) is 12.6. The van der Waals surface area contributed by atoms with Gasteiger partial charge in [0.1, 0.15) is 6.04 Å². The lowest BCUT2D eigenvalue weighted by molar-refractivity contribution is -0.142. The van der Waals surface area contributed by atoms with E-state index < -0.39 is 24.0 Å². The van der Waals surface area contributed by atoms with Gasteiger partial charge in [-0.25, -0.2) is 9.59 Å². The maximum absolute atomic E-state index is 11.8. The van der Waals surface area contributed by atoms with Gasteiger partial charge in [-0.1, -0.05) is 19.8 Å². The van der Waals surface area contributed by atoms with E-state index >= 15 is 0 Å². The Morgan fingerprint density at radius 2 is 1.90 bits per heavy atom. The summed E-state index contributed by atoms with van der Waals surface area (Å²) >= 11 is 0. The predicted molar refractivity (Wildman–Crippen MR) is 75.8 cm³/mol. The van der Waals surface area contributed by atoms with Crippen molar-refractivity contribution in [1.29, 1.82) is 0 Å². The fraction of sp³-hybridized carbons (Fsp3) is 0.786. The van der Waals surface area contributed by atoms with Crippen molar-refractivity contribution in [2.45, 2.75) is 51.5 Å². The molecule has 7 nitrogen and oxygen atoms in total. The van der Waals surface area contributed by atoms with Crippen molar-refractivity contribution in [1.82, 2.24) is 10.6 Å². The Morgan fingerprint density at radius 3 is 2.43 bits per heavy atom. The van der Waals surface area contributed by atoms with Gasteiger partial charge in [-0.05, 0) is 24.7 Å². The molecule has 7 heteroatoms. The number of amides is 2. The zero-order chi connectivity index (χ0) is 15.9. The second kappa shape index (κ2) is 7.85. The molecule has 0 aromatic heterocycles. The van der Waals surface area contributed by atoms with E-state index in [0.29, 0.717) is 6.54 Å². The third-order valence-corrected chi connectivity index (χ3v) is 3.95. The molecule has 2 amide bonds. The SMILES string of the molecule is COC(=O)CC[C@@H](NC(=O)NCC1(C)CCCC1)C(=O)O. The standard InChI is InChI=1S/C14H24N2O5/c1-14(7-3-4-8-14)9-15-13(20)16-10(12(18)19)5-6-11(17)21-2/h10H,3-9H2,1-2H3,(H,18,19)(H2,15,16,20)/t10-/m1/s1. The first kappa shape index (κ1) is 17.3. The second-order valence-corrected chi connectivity index (χ2v) is 5.85. The monoisotopic (exact) mass is 300 g/mol. The van der Waals surface area contributed by atoms with E-state index in [4.69, 9.17) is 5.11 Å². The van der Waals surface area contributed by atoms with Crippen LogP contribution in [0.25, 0.3) is 0 Å². The van der Waals surface area contributed by atoms with Gasteiger partial charge in [-0.3, -0.25) is 4.79 Å². The summed E-state index contributed by atoms with van der Waals surface area (Å²) in [6, 6.07) is -1.61. The predicted octanol–water partition coefficient (Wildman–Crippen LogP) is 1.27. The van der Waals surface area contributed by atoms with Gasteiger partial charge in [0.05, 0.1) is 7.11 Å². The number of ether oxygens (including phenoxy) is 1. The smallest absolute Gasteiger partial charge is 0.326 e. The highest BCUT2D eigenvalue weighted by atomic mass is 16.5. The molecule has 120 valence electrons. The van der Waals surface area contributed by atoms with Crippen LogP contribution in [0.5, 0.6) is 0 Å². The molecule has 0 aliphatic heterocycles. The van der Waals surface area contributed by atoms with Crippen LogP contribution in [0.3, 0.4) is 0 Å². The summed E-state index contributed by atoms with van der Waals surface area (Å²) in [6.45, 7) is 2.65. The molecule has 3 N–H and O–H groups in total. The van der Waals surface area contributed by atoms with Crippen LogP contribution >= 0.6 is 0 Å². The highest BCUT2D eigenvalue weighted by molar-refractivity contribution is 5.83. The van der Waals surface area contributed by atoms with Crippen molar-refractivity contribution in [3.05, 3.63) is 0 Å². The van der Waals surface area contributed by atoms with Crippen molar-refractivity contribution in [3.63, 3.8) is 0 Å². The Labute approximate surface area is 124 Å². The van der Waals surface area contributed by atoms with Crippen LogP contribution in [0.4, 0.5) is 4.79 Å². The van der Waals surface area contributed by atoms with E-state index in [1.807, 2.05) is 0 Å². The van der Waals surface area contributed by atoms with Crippen molar-refractivity contribution in [2.24, 2.45) is 5.41 Å². The van der Waals surface area contributed by atoms with E-state index in [1.54, 1.807) is 0 Å². The summed E-state index contributed by atoms with van der Waals surface area (Å²) in [6.07, 6.45) is 4.42. The van der Waals surface area contributed by atoms with Gasteiger partial charge in [0.2, 0.25) is 0 Å². The fourth-order valence-electron chi connectivity index (χ4n) is 2.53. The summed E-state index contributed by atoms with van der Waals surface area (Å²) in [5, 5.41) is 14.1. The van der Waals surface area contributed by atoms with Crippen LogP contribution < -0.4 is 10.6 Å². The molecule has 0 aromatic carbocycles. The van der Waals surface area contributed by atoms with E-state index in [-0.39, 0.29) is 18.3 Å². The van der Waals surface area contributed by atoms with Crippen LogP contribution in [-0.2, 0) is 14.3 Å². The molecule has 0 heterocycles. The minimum absolute atomic E-state index is 0.00664. The minimum atomic E-state index is -1.17. The highest BCUT2D eigenvalue weighted by Crippen LogP contribution is 2.36. The average molecular weight is 300 g/mol. The number of carbonyl (C=O) groups excluding carboxylic acids is 2. The summed E-state index contributed by atoms with van der Waals surface area (Å²) in [5.74, 6) is -1.66. The van der Waals surface area contributed by atoms with Crippen molar-refractivity contribution < 1.29 is 24.2 Å². The maximum Gasteiger partial charge on any atom is 0.326 e. The molecule has 21 heavy (non-hydrogen) atoms. The number of methoxy groups -OCH3 is 1. The Hall–Kier alpha value is -1.79. The fourth-order valence-corrected chi connectivity index (χ4v) is 2.53. The third kappa shape index (κ3) is 6.01. The quantitative estimate of drug-likeness (QED) is 0.614. The lowest BCUT2D eigenvalue weighted by atomic mass is 9.89. The Bertz CT molecular complexity index is 391. The first-order valence-corrected chi connectivity index (χ1v) is 7.20.